The van der Waals surface area contributed by atoms with Crippen LogP contribution in [0.25, 0.3) is 0 Å². The monoisotopic (exact) mass is 726 g/mol. The molecule has 2 saturated heterocycles. The van der Waals surface area contributed by atoms with E-state index >= 15 is 4.79 Å². The second-order valence-electron chi connectivity index (χ2n) is 13.9. The molecule has 2 aliphatic heterocycles. The molecule has 2 N–H and O–H groups in total. The van der Waals surface area contributed by atoms with Gasteiger partial charge < -0.3 is 19.7 Å². The van der Waals surface area contributed by atoms with Crippen molar-refractivity contribution >= 4 is 46.9 Å². The van der Waals surface area contributed by atoms with Gasteiger partial charge in [0.1, 0.15) is 17.2 Å². The lowest BCUT2D eigenvalue weighted by Crippen LogP contribution is -2.53. The lowest BCUT2D eigenvalue weighted by Gasteiger charge is -2.51. The number of carbonyl (C=O) groups excluding carboxylic acids is 4. The number of allylic oxidation sites excluding steroid dienone is 2. The fraction of sp³-hybridized carbons (Fsp3) is 0.375. The van der Waals surface area contributed by atoms with Crippen LogP contribution in [-0.4, -0.2) is 65.5 Å². The van der Waals surface area contributed by atoms with Gasteiger partial charge in [0.2, 0.25) is 23.6 Å². The minimum Gasteiger partial charge on any atom is -0.507 e. The van der Waals surface area contributed by atoms with Gasteiger partial charge in [-0.1, -0.05) is 66.1 Å². The number of benzene rings is 3. The first-order chi connectivity index (χ1) is 25.0. The second-order valence-corrected chi connectivity index (χ2v) is 14.3. The normalized spacial score (nSPS) is 26.5. The molecular formula is C40H39ClN2O9. The SMILES string of the molecule is COc1cc(O)c(C2C3=CCC4C(=O)N(CCCCCC(=O)O)C(=O)C4C3CC3C(=O)N(c4cccc(Cl)c4)C(=O)C32c2ccccc2)c(OC)c1. The van der Waals surface area contributed by atoms with Gasteiger partial charge in [0.05, 0.1) is 43.1 Å². The van der Waals surface area contributed by atoms with Crippen molar-refractivity contribution in [1.29, 1.82) is 0 Å². The summed E-state index contributed by atoms with van der Waals surface area (Å²) in [5, 5.41) is 21.2. The number of carboxylic acids is 1. The molecule has 0 radical (unpaired) electrons. The number of rotatable bonds is 11. The molecule has 1 saturated carbocycles. The largest absolute Gasteiger partial charge is 0.507 e. The van der Waals surface area contributed by atoms with Gasteiger partial charge in [-0.15, -0.1) is 0 Å². The number of methoxy groups -OCH3 is 2. The number of amides is 4. The Morgan fingerprint density at radius 3 is 2.37 bits per heavy atom. The van der Waals surface area contributed by atoms with Crippen LogP contribution in [-0.2, 0) is 29.4 Å². The van der Waals surface area contributed by atoms with Gasteiger partial charge in [-0.05, 0) is 55.4 Å². The van der Waals surface area contributed by atoms with Gasteiger partial charge >= 0.3 is 5.97 Å². The number of imide groups is 2. The van der Waals surface area contributed by atoms with E-state index in [0.29, 0.717) is 46.9 Å². The molecule has 3 aromatic carbocycles. The number of ether oxygens (including phenoxy) is 2. The quantitative estimate of drug-likeness (QED) is 0.141. The predicted molar refractivity (Wildman–Crippen MR) is 190 cm³/mol. The minimum absolute atomic E-state index is 0.00899. The van der Waals surface area contributed by atoms with E-state index in [4.69, 9.17) is 26.2 Å². The highest BCUT2D eigenvalue weighted by atomic mass is 35.5. The number of anilines is 1. The molecule has 3 aromatic rings. The summed E-state index contributed by atoms with van der Waals surface area (Å²) in [5.41, 5.74) is 0.215. The lowest BCUT2D eigenvalue weighted by molar-refractivity contribution is -0.141. The molecule has 11 nitrogen and oxygen atoms in total. The first-order valence-electron chi connectivity index (χ1n) is 17.5. The molecule has 6 atom stereocenters. The van der Waals surface area contributed by atoms with E-state index in [9.17, 15) is 24.3 Å². The van der Waals surface area contributed by atoms with Crippen LogP contribution in [0.2, 0.25) is 5.02 Å². The van der Waals surface area contributed by atoms with Gasteiger partial charge in [-0.2, -0.15) is 0 Å². The Balaban J connectivity index is 1.41. The Hall–Kier alpha value is -5.16. The number of likely N-dealkylation sites (tertiary alicyclic amines) is 1. The molecule has 6 unspecified atom stereocenters. The van der Waals surface area contributed by atoms with Crippen molar-refractivity contribution in [3.8, 4) is 17.2 Å². The molecule has 4 amide bonds. The van der Waals surface area contributed by atoms with Gasteiger partial charge in [0, 0.05) is 41.6 Å². The van der Waals surface area contributed by atoms with E-state index < -0.39 is 52.8 Å². The highest BCUT2D eigenvalue weighted by molar-refractivity contribution is 6.32. The molecule has 2 aliphatic carbocycles. The summed E-state index contributed by atoms with van der Waals surface area (Å²) in [6.45, 7) is 0.167. The van der Waals surface area contributed by atoms with Gasteiger partial charge in [-0.3, -0.25) is 28.9 Å². The summed E-state index contributed by atoms with van der Waals surface area (Å²) in [4.78, 5) is 71.9. The molecule has 52 heavy (non-hydrogen) atoms. The van der Waals surface area contributed by atoms with Gasteiger partial charge in [0.15, 0.2) is 0 Å². The van der Waals surface area contributed by atoms with E-state index in [0.717, 1.165) is 0 Å². The number of hydrogen-bond donors (Lipinski definition) is 2. The Labute approximate surface area is 305 Å². The highest BCUT2D eigenvalue weighted by Crippen LogP contribution is 2.66. The molecule has 12 heteroatoms. The van der Waals surface area contributed by atoms with Crippen molar-refractivity contribution in [2.45, 2.75) is 49.9 Å². The minimum atomic E-state index is -1.59. The summed E-state index contributed by atoms with van der Waals surface area (Å²) in [7, 11) is 2.90. The zero-order valence-electron chi connectivity index (χ0n) is 28.8. The molecule has 270 valence electrons. The van der Waals surface area contributed by atoms with Crippen molar-refractivity contribution in [1.82, 2.24) is 4.90 Å². The van der Waals surface area contributed by atoms with E-state index in [1.807, 2.05) is 24.3 Å². The van der Waals surface area contributed by atoms with Crippen molar-refractivity contribution < 1.29 is 43.7 Å². The van der Waals surface area contributed by atoms with E-state index in [-0.39, 0.29) is 54.7 Å². The molecule has 3 fully saturated rings. The average molecular weight is 727 g/mol. The number of hydrogen-bond acceptors (Lipinski definition) is 8. The zero-order valence-corrected chi connectivity index (χ0v) is 29.5. The fourth-order valence-corrected chi connectivity index (χ4v) is 9.42. The predicted octanol–water partition coefficient (Wildman–Crippen LogP) is 5.87. The topological polar surface area (TPSA) is 151 Å². The lowest BCUT2D eigenvalue weighted by atomic mass is 9.49. The zero-order chi connectivity index (χ0) is 36.9. The smallest absolute Gasteiger partial charge is 0.303 e. The molecule has 2 heterocycles. The first-order valence-corrected chi connectivity index (χ1v) is 17.8. The fourth-order valence-electron chi connectivity index (χ4n) is 9.23. The van der Waals surface area contributed by atoms with Crippen LogP contribution >= 0.6 is 11.6 Å². The maximum atomic E-state index is 15.4. The van der Waals surface area contributed by atoms with Crippen LogP contribution in [0.1, 0.15) is 55.6 Å². The van der Waals surface area contributed by atoms with Crippen LogP contribution in [0.4, 0.5) is 5.69 Å². The van der Waals surface area contributed by atoms with Crippen molar-refractivity contribution in [3.05, 3.63) is 94.5 Å². The second kappa shape index (κ2) is 13.8. The number of unbranched alkanes of at least 4 members (excludes halogenated alkanes) is 2. The Bertz CT molecular complexity index is 2000. The number of aliphatic carboxylic acids is 1. The number of nitrogens with zero attached hydrogens (tertiary/aromatic N) is 2. The van der Waals surface area contributed by atoms with Crippen molar-refractivity contribution in [2.75, 3.05) is 25.7 Å². The summed E-state index contributed by atoms with van der Waals surface area (Å²) >= 11 is 6.39. The molecule has 0 bridgehead atoms. The molecular weight excluding hydrogens is 688 g/mol. The van der Waals surface area contributed by atoms with E-state index in [2.05, 4.69) is 0 Å². The summed E-state index contributed by atoms with van der Waals surface area (Å²) in [6, 6.07) is 18.6. The van der Waals surface area contributed by atoms with E-state index in [1.54, 1.807) is 42.5 Å². The third kappa shape index (κ3) is 5.44. The Morgan fingerprint density at radius 1 is 0.904 bits per heavy atom. The number of aromatic hydroxyl groups is 1. The molecule has 7 rings (SSSR count). The number of halogens is 1. The van der Waals surface area contributed by atoms with Crippen LogP contribution < -0.4 is 14.4 Å². The third-order valence-electron chi connectivity index (χ3n) is 11.4. The van der Waals surface area contributed by atoms with Crippen molar-refractivity contribution in [3.63, 3.8) is 0 Å². The maximum Gasteiger partial charge on any atom is 0.303 e. The van der Waals surface area contributed by atoms with E-state index in [1.165, 1.54) is 30.1 Å². The summed E-state index contributed by atoms with van der Waals surface area (Å²) in [5.74, 6) is -6.24. The molecule has 0 spiro atoms. The third-order valence-corrected chi connectivity index (χ3v) is 11.6. The number of fused-ring (bicyclic) bond motifs is 4. The standard InChI is InChI=1S/C40H39ClN2O9/c1-51-25-19-30(44)34(31(20-25)52-2)35-26-15-16-27-33(38(49)42(36(27)47)17-8-4-7-14-32(45)46)28(26)21-29-37(48)43(24-13-9-12-23(41)18-24)39(50)40(29,35)22-10-5-3-6-11-22/h3,5-6,9-13,15,18-20,27-29,33,35,44H,4,7-8,14,16-17,21H2,1-2H3,(H,45,46). The van der Waals surface area contributed by atoms with Crippen LogP contribution in [0.15, 0.2) is 78.4 Å². The van der Waals surface area contributed by atoms with Crippen LogP contribution in [0.3, 0.4) is 0 Å². The Kier molecular flexibility index (Phi) is 9.33. The number of phenols is 1. The summed E-state index contributed by atoms with van der Waals surface area (Å²) in [6.07, 6.45) is 3.70. The van der Waals surface area contributed by atoms with Gasteiger partial charge in [-0.25, -0.2) is 4.90 Å². The molecule has 4 aliphatic rings. The maximum absolute atomic E-state index is 15.4. The van der Waals surface area contributed by atoms with Crippen LogP contribution in [0.5, 0.6) is 17.2 Å². The first kappa shape index (κ1) is 35.3. The highest BCUT2D eigenvalue weighted by Gasteiger charge is 2.70. The number of carboxylic acid groups (broad SMARTS) is 1. The Morgan fingerprint density at radius 2 is 1.67 bits per heavy atom. The number of carbonyl (C=O) groups is 5. The van der Waals surface area contributed by atoms with Crippen molar-refractivity contribution in [2.24, 2.45) is 23.7 Å². The average Bonchev–Trinajstić information content (AvgIpc) is 3.51. The van der Waals surface area contributed by atoms with Crippen LogP contribution in [0, 0.1) is 23.7 Å². The van der Waals surface area contributed by atoms with Gasteiger partial charge in [0.25, 0.3) is 0 Å². The molecule has 0 aromatic heterocycles. The summed E-state index contributed by atoms with van der Waals surface area (Å²) < 4.78 is 11.3. The number of phenolic OH excluding ortho intramolecular Hbond substituents is 1.